The van der Waals surface area contributed by atoms with E-state index >= 15 is 0 Å². The van der Waals surface area contributed by atoms with Gasteiger partial charge in [0.1, 0.15) is 0 Å². The minimum atomic E-state index is 0.179. The second-order valence-corrected chi connectivity index (χ2v) is 8.71. The van der Waals surface area contributed by atoms with Gasteiger partial charge in [-0.3, -0.25) is 19.5 Å². The van der Waals surface area contributed by atoms with Crippen molar-refractivity contribution in [3.63, 3.8) is 0 Å². The van der Waals surface area contributed by atoms with Gasteiger partial charge in [0.15, 0.2) is 0 Å². The second kappa shape index (κ2) is 8.29. The molecular formula is C22H34N4O. The Bertz CT molecular complexity index is 628. The van der Waals surface area contributed by atoms with Crippen LogP contribution in [-0.2, 0) is 11.3 Å². The summed E-state index contributed by atoms with van der Waals surface area (Å²) in [6, 6.07) is 11.5. The number of hydrogen-bond donors (Lipinski definition) is 1. The molecule has 1 N–H and O–H groups in total. The Labute approximate surface area is 163 Å². The fourth-order valence-electron chi connectivity index (χ4n) is 5.22. The SMILES string of the molecule is CN1CCN(C2CCN(Cc3ccccc3)CC2)C[C@@]12CCNC(=O)CC2. The highest BCUT2D eigenvalue weighted by molar-refractivity contribution is 5.76. The van der Waals surface area contributed by atoms with Crippen LogP contribution in [0.3, 0.4) is 0 Å². The molecule has 0 bridgehead atoms. The molecule has 1 amide bonds. The van der Waals surface area contributed by atoms with E-state index in [1.54, 1.807) is 0 Å². The average Bonchev–Trinajstić information content (AvgIpc) is 2.88. The maximum absolute atomic E-state index is 11.8. The molecule has 1 atom stereocenters. The van der Waals surface area contributed by atoms with E-state index in [1.165, 1.54) is 38.0 Å². The summed E-state index contributed by atoms with van der Waals surface area (Å²) >= 11 is 0. The van der Waals surface area contributed by atoms with Crippen LogP contribution in [0.5, 0.6) is 0 Å². The molecule has 5 heteroatoms. The van der Waals surface area contributed by atoms with E-state index in [0.717, 1.165) is 39.0 Å². The van der Waals surface area contributed by atoms with Gasteiger partial charge in [-0.15, -0.1) is 0 Å². The minimum Gasteiger partial charge on any atom is -0.356 e. The number of likely N-dealkylation sites (N-methyl/N-ethyl adjacent to an activating group) is 1. The van der Waals surface area contributed by atoms with Gasteiger partial charge < -0.3 is 5.32 Å². The number of nitrogens with one attached hydrogen (secondary N) is 1. The van der Waals surface area contributed by atoms with Crippen molar-refractivity contribution in [2.24, 2.45) is 0 Å². The number of piperidine rings is 1. The van der Waals surface area contributed by atoms with Gasteiger partial charge in [-0.2, -0.15) is 0 Å². The Hall–Kier alpha value is -1.43. The lowest BCUT2D eigenvalue weighted by molar-refractivity contribution is -0.121. The van der Waals surface area contributed by atoms with E-state index in [-0.39, 0.29) is 11.4 Å². The molecule has 148 valence electrons. The molecule has 3 aliphatic rings. The van der Waals surface area contributed by atoms with Gasteiger partial charge in [-0.1, -0.05) is 30.3 Å². The third kappa shape index (κ3) is 4.36. The maximum atomic E-state index is 11.8. The van der Waals surface area contributed by atoms with Crippen LogP contribution in [-0.4, -0.2) is 78.5 Å². The number of rotatable bonds is 3. The molecule has 3 heterocycles. The first-order valence-electron chi connectivity index (χ1n) is 10.6. The monoisotopic (exact) mass is 370 g/mol. The van der Waals surface area contributed by atoms with Crippen molar-refractivity contribution in [1.29, 1.82) is 0 Å². The number of piperazine rings is 1. The number of hydrogen-bond acceptors (Lipinski definition) is 4. The van der Waals surface area contributed by atoms with Gasteiger partial charge in [0, 0.05) is 50.7 Å². The summed E-state index contributed by atoms with van der Waals surface area (Å²) in [6.45, 7) is 7.71. The molecule has 0 saturated carbocycles. The molecule has 27 heavy (non-hydrogen) atoms. The Morgan fingerprint density at radius 2 is 1.85 bits per heavy atom. The average molecular weight is 371 g/mol. The Morgan fingerprint density at radius 3 is 2.63 bits per heavy atom. The highest BCUT2D eigenvalue weighted by Gasteiger charge is 2.42. The van der Waals surface area contributed by atoms with Crippen LogP contribution in [0.1, 0.15) is 37.7 Å². The summed E-state index contributed by atoms with van der Waals surface area (Å²) in [5, 5.41) is 3.07. The molecule has 3 fully saturated rings. The second-order valence-electron chi connectivity index (χ2n) is 8.71. The lowest BCUT2D eigenvalue weighted by Crippen LogP contribution is -2.63. The Kier molecular flexibility index (Phi) is 5.81. The third-order valence-corrected chi connectivity index (χ3v) is 7.08. The van der Waals surface area contributed by atoms with Crippen molar-refractivity contribution in [3.05, 3.63) is 35.9 Å². The van der Waals surface area contributed by atoms with Gasteiger partial charge in [-0.25, -0.2) is 0 Å². The summed E-state index contributed by atoms with van der Waals surface area (Å²) < 4.78 is 0. The molecule has 1 aromatic rings. The summed E-state index contributed by atoms with van der Waals surface area (Å²) in [5.74, 6) is 0.228. The van der Waals surface area contributed by atoms with Crippen LogP contribution in [0, 0.1) is 0 Å². The molecule has 0 aliphatic carbocycles. The molecule has 0 radical (unpaired) electrons. The number of carbonyl (C=O) groups is 1. The lowest BCUT2D eigenvalue weighted by Gasteiger charge is -2.52. The van der Waals surface area contributed by atoms with Gasteiger partial charge in [-0.05, 0) is 51.4 Å². The van der Waals surface area contributed by atoms with E-state index in [1.807, 2.05) is 0 Å². The van der Waals surface area contributed by atoms with Crippen molar-refractivity contribution >= 4 is 5.91 Å². The van der Waals surface area contributed by atoms with E-state index in [0.29, 0.717) is 12.5 Å². The van der Waals surface area contributed by atoms with Crippen molar-refractivity contribution < 1.29 is 4.79 Å². The highest BCUT2D eigenvalue weighted by Crippen LogP contribution is 2.32. The lowest BCUT2D eigenvalue weighted by atomic mass is 9.85. The largest absolute Gasteiger partial charge is 0.356 e. The molecule has 0 unspecified atom stereocenters. The quantitative estimate of drug-likeness (QED) is 0.883. The maximum Gasteiger partial charge on any atom is 0.220 e. The highest BCUT2D eigenvalue weighted by atomic mass is 16.1. The zero-order chi connectivity index (χ0) is 18.7. The molecule has 0 aromatic heterocycles. The van der Waals surface area contributed by atoms with Gasteiger partial charge >= 0.3 is 0 Å². The third-order valence-electron chi connectivity index (χ3n) is 7.08. The number of carbonyl (C=O) groups excluding carboxylic acids is 1. The van der Waals surface area contributed by atoms with Gasteiger partial charge in [0.2, 0.25) is 5.91 Å². The smallest absolute Gasteiger partial charge is 0.220 e. The standard InChI is InChI=1S/C22H34N4O/c1-24-15-16-26(18-22(24)10-7-21(27)23-12-11-22)20-8-13-25(14-9-20)17-19-5-3-2-4-6-19/h2-6,20H,7-18H2,1H3,(H,23,27)/t22-/m1/s1. The van der Waals surface area contributed by atoms with E-state index in [9.17, 15) is 4.79 Å². The number of amides is 1. The molecular weight excluding hydrogens is 336 g/mol. The first-order valence-corrected chi connectivity index (χ1v) is 10.6. The molecule has 3 aliphatic heterocycles. The predicted molar refractivity (Wildman–Crippen MR) is 109 cm³/mol. The normalized spacial score (nSPS) is 29.6. The fourth-order valence-corrected chi connectivity index (χ4v) is 5.22. The fraction of sp³-hybridized carbons (Fsp3) is 0.682. The van der Waals surface area contributed by atoms with Gasteiger partial charge in [0.25, 0.3) is 0 Å². The molecule has 4 rings (SSSR count). The van der Waals surface area contributed by atoms with Crippen molar-refractivity contribution in [2.75, 3.05) is 46.3 Å². The van der Waals surface area contributed by atoms with Crippen LogP contribution in [0.15, 0.2) is 30.3 Å². The summed E-state index contributed by atoms with van der Waals surface area (Å²) in [4.78, 5) is 19.7. The topological polar surface area (TPSA) is 38.8 Å². The Morgan fingerprint density at radius 1 is 1.07 bits per heavy atom. The van der Waals surface area contributed by atoms with E-state index in [2.05, 4.69) is 57.4 Å². The van der Waals surface area contributed by atoms with Crippen LogP contribution >= 0.6 is 0 Å². The van der Waals surface area contributed by atoms with Crippen molar-refractivity contribution in [3.8, 4) is 0 Å². The van der Waals surface area contributed by atoms with E-state index in [4.69, 9.17) is 0 Å². The molecule has 1 spiro atoms. The first-order chi connectivity index (χ1) is 13.1. The minimum absolute atomic E-state index is 0.179. The summed E-state index contributed by atoms with van der Waals surface area (Å²) in [5.41, 5.74) is 1.60. The van der Waals surface area contributed by atoms with Crippen LogP contribution < -0.4 is 5.32 Å². The summed E-state index contributed by atoms with van der Waals surface area (Å²) in [6.07, 6.45) is 5.29. The predicted octanol–water partition coefficient (Wildman–Crippen LogP) is 1.94. The summed E-state index contributed by atoms with van der Waals surface area (Å²) in [7, 11) is 2.26. The number of likely N-dealkylation sites (tertiary alicyclic amines) is 1. The van der Waals surface area contributed by atoms with Gasteiger partial charge in [0.05, 0.1) is 0 Å². The van der Waals surface area contributed by atoms with Crippen LogP contribution in [0.25, 0.3) is 0 Å². The molecule has 1 aromatic carbocycles. The van der Waals surface area contributed by atoms with Crippen molar-refractivity contribution in [2.45, 2.75) is 50.2 Å². The zero-order valence-electron chi connectivity index (χ0n) is 16.7. The number of nitrogens with zero attached hydrogens (tertiary/aromatic N) is 3. The Balaban J connectivity index is 1.33. The zero-order valence-corrected chi connectivity index (χ0v) is 16.7. The van der Waals surface area contributed by atoms with Crippen molar-refractivity contribution in [1.82, 2.24) is 20.0 Å². The van der Waals surface area contributed by atoms with Crippen LogP contribution in [0.2, 0.25) is 0 Å². The van der Waals surface area contributed by atoms with E-state index < -0.39 is 0 Å². The number of benzene rings is 1. The molecule has 5 nitrogen and oxygen atoms in total. The van der Waals surface area contributed by atoms with Crippen LogP contribution in [0.4, 0.5) is 0 Å². The first kappa shape index (κ1) is 18.9. The molecule has 3 saturated heterocycles.